The minimum Gasteiger partial charge on any atom is -0.480 e. The normalized spacial score (nSPS) is 16.3. The Morgan fingerprint density at radius 1 is 0.710 bits per heavy atom. The first-order valence-electron chi connectivity index (χ1n) is 20.5. The second kappa shape index (κ2) is 28.2. The second-order valence-electron chi connectivity index (χ2n) is 15.4. The Morgan fingerprint density at radius 3 is 1.79 bits per heavy atom. The van der Waals surface area contributed by atoms with Gasteiger partial charge < -0.3 is 64.4 Å². The number of primary amides is 2. The van der Waals surface area contributed by atoms with Crippen LogP contribution < -0.4 is 54.4 Å². The fraction of sp³-hybridized carbons (Fsp3) is 0.711. The largest absolute Gasteiger partial charge is 0.480 e. The van der Waals surface area contributed by atoms with Crippen molar-refractivity contribution < 1.29 is 57.8 Å². The predicted octanol–water partition coefficient (Wildman–Crippen LogP) is -3.95. The van der Waals surface area contributed by atoms with Crippen molar-refractivity contribution in [3.8, 4) is 0 Å². The van der Waals surface area contributed by atoms with Crippen LogP contribution in [-0.2, 0) is 52.7 Å². The van der Waals surface area contributed by atoms with E-state index in [1.165, 1.54) is 16.7 Å². The molecule has 10 amide bonds. The molecule has 1 aliphatic heterocycles. The number of carboxylic acid groups (broad SMARTS) is 1. The van der Waals surface area contributed by atoms with Crippen LogP contribution >= 0.6 is 11.8 Å². The summed E-state index contributed by atoms with van der Waals surface area (Å²) in [5.74, 6) is -8.71. The highest BCUT2D eigenvalue weighted by Crippen LogP contribution is 2.18. The average Bonchev–Trinajstić information content (AvgIpc) is 3.71. The minimum absolute atomic E-state index is 0.113. The molecule has 0 aromatic rings. The van der Waals surface area contributed by atoms with Gasteiger partial charge in [-0.2, -0.15) is 11.8 Å². The Balaban J connectivity index is 2.97. The minimum atomic E-state index is -1.44. The molecular formula is C38H65N11O12S. The lowest BCUT2D eigenvalue weighted by atomic mass is 9.96. The van der Waals surface area contributed by atoms with Crippen LogP contribution in [0.1, 0.15) is 85.5 Å². The lowest BCUT2D eigenvalue weighted by molar-refractivity contribution is -0.142. The number of amides is 10. The molecule has 350 valence electrons. The summed E-state index contributed by atoms with van der Waals surface area (Å²) in [6.45, 7) is 5.49. The third-order valence-corrected chi connectivity index (χ3v) is 10.5. The van der Waals surface area contributed by atoms with Crippen molar-refractivity contribution in [2.45, 2.75) is 122 Å². The van der Waals surface area contributed by atoms with E-state index in [0.717, 1.165) is 0 Å². The fourth-order valence-corrected chi connectivity index (χ4v) is 6.68. The maximum Gasteiger partial charge on any atom is 0.326 e. The molecular weight excluding hydrogens is 835 g/mol. The highest BCUT2D eigenvalue weighted by molar-refractivity contribution is 7.98. The van der Waals surface area contributed by atoms with E-state index in [2.05, 4.69) is 37.2 Å². The lowest BCUT2D eigenvalue weighted by Crippen LogP contribution is -2.58. The SMILES string of the molecule is CC[C@H](C)[C@H](NC(=O)CNC(=O)[C@H](CCC(N)=O)NC(=O)[C@@H]1CCCN1C(=O)CNC(=O)[C@@H](N)CCSC)C(=O)N[C@@H](CC(C)C)C(=O)NCC(=O)N[C@@H](CCC(N)=O)C(=O)O. The highest BCUT2D eigenvalue weighted by Gasteiger charge is 2.37. The number of carboxylic acids is 1. The van der Waals surface area contributed by atoms with Gasteiger partial charge in [-0.05, 0) is 62.4 Å². The van der Waals surface area contributed by atoms with Gasteiger partial charge in [-0.1, -0.05) is 34.1 Å². The molecule has 1 saturated heterocycles. The summed E-state index contributed by atoms with van der Waals surface area (Å²) in [6.07, 6.45) is 2.39. The van der Waals surface area contributed by atoms with Crippen LogP contribution in [0.25, 0.3) is 0 Å². The fourth-order valence-electron chi connectivity index (χ4n) is 6.19. The molecule has 0 aromatic carbocycles. The molecule has 14 N–H and O–H groups in total. The monoisotopic (exact) mass is 899 g/mol. The Morgan fingerprint density at radius 2 is 1.26 bits per heavy atom. The predicted molar refractivity (Wildman–Crippen MR) is 226 cm³/mol. The van der Waals surface area contributed by atoms with E-state index in [1.807, 2.05) is 6.26 Å². The average molecular weight is 900 g/mol. The number of hydrogen-bond donors (Lipinski definition) is 11. The molecule has 0 unspecified atom stereocenters. The van der Waals surface area contributed by atoms with Crippen molar-refractivity contribution in [3.63, 3.8) is 0 Å². The number of carbonyl (C=O) groups excluding carboxylic acids is 10. The van der Waals surface area contributed by atoms with Gasteiger partial charge in [0.1, 0.15) is 30.2 Å². The second-order valence-corrected chi connectivity index (χ2v) is 16.4. The molecule has 0 aromatic heterocycles. The summed E-state index contributed by atoms with van der Waals surface area (Å²) in [6, 6.07) is -6.98. The van der Waals surface area contributed by atoms with Crippen molar-refractivity contribution in [2.24, 2.45) is 29.0 Å². The first-order chi connectivity index (χ1) is 29.1. The molecule has 62 heavy (non-hydrogen) atoms. The van der Waals surface area contributed by atoms with E-state index in [1.54, 1.807) is 27.7 Å². The van der Waals surface area contributed by atoms with Gasteiger partial charge in [0.2, 0.25) is 59.1 Å². The lowest BCUT2D eigenvalue weighted by Gasteiger charge is -2.28. The zero-order chi connectivity index (χ0) is 47.1. The number of thioether (sulfide) groups is 1. The van der Waals surface area contributed by atoms with Crippen molar-refractivity contribution >= 4 is 76.8 Å². The number of hydrogen-bond acceptors (Lipinski definition) is 13. The van der Waals surface area contributed by atoms with Crippen LogP contribution in [0.2, 0.25) is 0 Å². The van der Waals surface area contributed by atoms with Gasteiger partial charge in [-0.3, -0.25) is 47.9 Å². The van der Waals surface area contributed by atoms with Gasteiger partial charge in [0.25, 0.3) is 0 Å². The first kappa shape index (κ1) is 54.5. The third-order valence-electron chi connectivity index (χ3n) is 9.88. The number of nitrogens with one attached hydrogen (secondary N) is 7. The molecule has 1 aliphatic rings. The van der Waals surface area contributed by atoms with Crippen LogP contribution in [0.4, 0.5) is 0 Å². The summed E-state index contributed by atoms with van der Waals surface area (Å²) in [5.41, 5.74) is 16.2. The Labute approximate surface area is 365 Å². The molecule has 0 saturated carbocycles. The van der Waals surface area contributed by atoms with Gasteiger partial charge in [0.15, 0.2) is 0 Å². The number of rotatable bonds is 29. The molecule has 1 rings (SSSR count). The zero-order valence-corrected chi connectivity index (χ0v) is 36.9. The quantitative estimate of drug-likeness (QED) is 0.0342. The highest BCUT2D eigenvalue weighted by atomic mass is 32.2. The van der Waals surface area contributed by atoms with E-state index >= 15 is 0 Å². The standard InChI is InChI=1S/C38H65N11O12S/c1-6-21(4)32(37(59)47-25(16-20(2)3)35(57)43-17-29(52)45-24(38(60)61)10-12-28(41)51)48-30(53)18-42-34(56)23(9-11-27(40)50)46-36(58)26-8-7-14-49(26)31(54)19-44-33(55)22(39)13-15-62-5/h20-26,32H,6-19,39H2,1-5H3,(H2,40,50)(H2,41,51)(H,42,56)(H,43,57)(H,44,55)(H,45,52)(H,46,58)(H,47,59)(H,48,53)(H,60,61)/t21-,22-,23-,24-,25-,26-,32-/m0/s1. The molecule has 24 heteroatoms. The summed E-state index contributed by atoms with van der Waals surface area (Å²) in [5, 5.41) is 26.5. The molecule has 0 radical (unpaired) electrons. The van der Waals surface area contributed by atoms with Crippen LogP contribution in [-0.4, -0.2) is 149 Å². The van der Waals surface area contributed by atoms with Crippen molar-refractivity contribution in [1.29, 1.82) is 0 Å². The van der Waals surface area contributed by atoms with Crippen LogP contribution in [0.3, 0.4) is 0 Å². The molecule has 7 atom stereocenters. The van der Waals surface area contributed by atoms with Gasteiger partial charge in [0.05, 0.1) is 25.7 Å². The van der Waals surface area contributed by atoms with Crippen LogP contribution in [0, 0.1) is 11.8 Å². The van der Waals surface area contributed by atoms with E-state index in [4.69, 9.17) is 17.2 Å². The van der Waals surface area contributed by atoms with E-state index < -0.39 is 127 Å². The number of carbonyl (C=O) groups is 11. The molecule has 23 nitrogen and oxygen atoms in total. The summed E-state index contributed by atoms with van der Waals surface area (Å²) >= 11 is 1.52. The van der Waals surface area contributed by atoms with Gasteiger partial charge in [0, 0.05) is 19.4 Å². The van der Waals surface area contributed by atoms with Gasteiger partial charge in [-0.15, -0.1) is 0 Å². The Bertz CT molecular complexity index is 1620. The number of aliphatic carboxylic acids is 1. The number of nitrogens with two attached hydrogens (primary N) is 3. The van der Waals surface area contributed by atoms with Gasteiger partial charge >= 0.3 is 5.97 Å². The van der Waals surface area contributed by atoms with Crippen LogP contribution in [0.5, 0.6) is 0 Å². The Kier molecular flexibility index (Phi) is 24.7. The van der Waals surface area contributed by atoms with Crippen molar-refractivity contribution in [1.82, 2.24) is 42.1 Å². The Hall–Kier alpha value is -5.52. The topological polar surface area (TPSA) is 374 Å². The van der Waals surface area contributed by atoms with Crippen molar-refractivity contribution in [2.75, 3.05) is 38.2 Å². The first-order valence-corrected chi connectivity index (χ1v) is 21.9. The summed E-state index contributed by atoms with van der Waals surface area (Å²) in [7, 11) is 0. The summed E-state index contributed by atoms with van der Waals surface area (Å²) in [4.78, 5) is 140. The van der Waals surface area contributed by atoms with Crippen molar-refractivity contribution in [3.05, 3.63) is 0 Å². The summed E-state index contributed by atoms with van der Waals surface area (Å²) < 4.78 is 0. The maximum atomic E-state index is 13.6. The molecule has 0 spiro atoms. The van der Waals surface area contributed by atoms with E-state index in [-0.39, 0.29) is 51.0 Å². The third kappa shape index (κ3) is 20.4. The van der Waals surface area contributed by atoms with Crippen LogP contribution in [0.15, 0.2) is 0 Å². The molecule has 1 fully saturated rings. The maximum absolute atomic E-state index is 13.6. The van der Waals surface area contributed by atoms with E-state index in [0.29, 0.717) is 25.0 Å². The number of likely N-dealkylation sites (tertiary alicyclic amines) is 1. The molecule has 1 heterocycles. The van der Waals surface area contributed by atoms with E-state index in [9.17, 15) is 57.8 Å². The van der Waals surface area contributed by atoms with Gasteiger partial charge in [-0.25, -0.2) is 4.79 Å². The molecule has 0 aliphatic carbocycles. The smallest absolute Gasteiger partial charge is 0.326 e. The number of nitrogens with zero attached hydrogens (tertiary/aromatic N) is 1. The zero-order valence-electron chi connectivity index (χ0n) is 36.0. The molecule has 0 bridgehead atoms.